The third-order valence-electron chi connectivity index (χ3n) is 4.66. The molecule has 0 aliphatic rings. The molecule has 0 fully saturated rings. The van der Waals surface area contributed by atoms with Crippen molar-refractivity contribution in [1.82, 2.24) is 14.8 Å². The number of nitrogens with one attached hydrogen (secondary N) is 1. The molecule has 0 radical (unpaired) electrons. The van der Waals surface area contributed by atoms with E-state index in [4.69, 9.17) is 4.74 Å². The Bertz CT molecular complexity index is 1320. The second kappa shape index (κ2) is 9.39. The van der Waals surface area contributed by atoms with Crippen molar-refractivity contribution in [3.63, 3.8) is 0 Å². The van der Waals surface area contributed by atoms with E-state index >= 15 is 0 Å². The summed E-state index contributed by atoms with van der Waals surface area (Å²) in [6.07, 6.45) is 1.60. The second-order valence-corrected chi connectivity index (χ2v) is 6.90. The predicted octanol–water partition coefficient (Wildman–Crippen LogP) is 4.64. The molecule has 0 atom stereocenters. The maximum atomic E-state index is 13.5. The first-order valence-corrected chi connectivity index (χ1v) is 10.0. The highest BCUT2D eigenvalue weighted by Gasteiger charge is 2.19. The van der Waals surface area contributed by atoms with Gasteiger partial charge in [0.1, 0.15) is 0 Å². The van der Waals surface area contributed by atoms with Gasteiger partial charge in [-0.3, -0.25) is 4.79 Å². The molecular formula is C24H18F2N4O3. The number of ether oxygens (including phenoxy) is 1. The van der Waals surface area contributed by atoms with Crippen LogP contribution in [0.5, 0.6) is 0 Å². The highest BCUT2D eigenvalue weighted by molar-refractivity contribution is 6.04. The van der Waals surface area contributed by atoms with Crippen molar-refractivity contribution in [2.75, 3.05) is 11.9 Å². The number of anilines is 1. The van der Waals surface area contributed by atoms with Crippen LogP contribution in [0.4, 0.5) is 14.5 Å². The Labute approximate surface area is 187 Å². The van der Waals surface area contributed by atoms with E-state index in [-0.39, 0.29) is 17.9 Å². The Morgan fingerprint density at radius 1 is 1.00 bits per heavy atom. The lowest BCUT2D eigenvalue weighted by Gasteiger charge is -2.10. The fourth-order valence-electron chi connectivity index (χ4n) is 3.14. The van der Waals surface area contributed by atoms with E-state index in [1.54, 1.807) is 61.7 Å². The molecule has 0 spiro atoms. The van der Waals surface area contributed by atoms with Gasteiger partial charge in [0.15, 0.2) is 23.1 Å². The van der Waals surface area contributed by atoms with E-state index in [0.717, 1.165) is 12.1 Å². The number of carbonyl (C=O) groups excluding carboxylic acids is 2. The number of esters is 1. The summed E-state index contributed by atoms with van der Waals surface area (Å²) in [7, 11) is 0. The largest absolute Gasteiger partial charge is 0.461 e. The van der Waals surface area contributed by atoms with Crippen molar-refractivity contribution >= 4 is 17.6 Å². The van der Waals surface area contributed by atoms with E-state index in [9.17, 15) is 18.4 Å². The first-order valence-electron chi connectivity index (χ1n) is 10.0. The van der Waals surface area contributed by atoms with Crippen LogP contribution in [0.3, 0.4) is 0 Å². The van der Waals surface area contributed by atoms with E-state index in [0.29, 0.717) is 22.8 Å². The quantitative estimate of drug-likeness (QED) is 0.434. The molecule has 2 heterocycles. The van der Waals surface area contributed by atoms with Crippen molar-refractivity contribution in [2.45, 2.75) is 6.92 Å². The average molecular weight is 448 g/mol. The third kappa shape index (κ3) is 4.77. The molecule has 7 nitrogen and oxygen atoms in total. The number of pyridine rings is 1. The van der Waals surface area contributed by atoms with Crippen molar-refractivity contribution in [3.8, 4) is 17.1 Å². The first-order chi connectivity index (χ1) is 16.0. The van der Waals surface area contributed by atoms with Gasteiger partial charge in [-0.05, 0) is 55.5 Å². The van der Waals surface area contributed by atoms with Crippen LogP contribution in [0.2, 0.25) is 0 Å². The molecule has 1 N–H and O–H groups in total. The molecule has 4 aromatic rings. The van der Waals surface area contributed by atoms with Gasteiger partial charge in [-0.25, -0.2) is 23.2 Å². The minimum Gasteiger partial charge on any atom is -0.461 e. The van der Waals surface area contributed by atoms with Crippen LogP contribution >= 0.6 is 0 Å². The number of halogens is 2. The van der Waals surface area contributed by atoms with Crippen LogP contribution in [-0.2, 0) is 4.74 Å². The van der Waals surface area contributed by atoms with Gasteiger partial charge in [0.2, 0.25) is 0 Å². The van der Waals surface area contributed by atoms with E-state index in [1.165, 1.54) is 10.7 Å². The van der Waals surface area contributed by atoms with E-state index < -0.39 is 23.5 Å². The molecule has 0 saturated heterocycles. The van der Waals surface area contributed by atoms with Gasteiger partial charge in [-0.15, -0.1) is 0 Å². The van der Waals surface area contributed by atoms with E-state index in [1.807, 2.05) is 0 Å². The lowest BCUT2D eigenvalue weighted by Crippen LogP contribution is -2.12. The zero-order chi connectivity index (χ0) is 23.4. The van der Waals surface area contributed by atoms with Crippen molar-refractivity contribution in [1.29, 1.82) is 0 Å². The summed E-state index contributed by atoms with van der Waals surface area (Å²) in [5, 5.41) is 7.01. The first kappa shape index (κ1) is 21.8. The molecule has 0 aliphatic carbocycles. The standard InChI is InChI=1S/C24H18F2N4O3/c1-2-33-24(32)20-14-21(30(29-20)22-8-3-4-11-27-22)15-6-5-7-17(12-15)28-23(31)16-9-10-18(25)19(26)13-16/h3-14H,2H2,1H3,(H,28,31). The molecule has 2 aromatic heterocycles. The lowest BCUT2D eigenvalue weighted by atomic mass is 10.1. The van der Waals surface area contributed by atoms with Crippen LogP contribution in [0.1, 0.15) is 27.8 Å². The summed E-state index contributed by atoms with van der Waals surface area (Å²) in [6, 6.07) is 16.6. The van der Waals surface area contributed by atoms with Crippen LogP contribution in [0.15, 0.2) is 72.9 Å². The Balaban J connectivity index is 1.69. The maximum Gasteiger partial charge on any atom is 0.358 e. The normalized spacial score (nSPS) is 10.6. The second-order valence-electron chi connectivity index (χ2n) is 6.90. The Morgan fingerprint density at radius 3 is 2.58 bits per heavy atom. The zero-order valence-electron chi connectivity index (χ0n) is 17.5. The molecule has 166 valence electrons. The van der Waals surface area contributed by atoms with Crippen LogP contribution in [0, 0.1) is 11.6 Å². The third-order valence-corrected chi connectivity index (χ3v) is 4.66. The monoisotopic (exact) mass is 448 g/mol. The van der Waals surface area contributed by atoms with Crippen LogP contribution in [-0.4, -0.2) is 33.2 Å². The van der Waals surface area contributed by atoms with Crippen molar-refractivity contribution in [2.24, 2.45) is 0 Å². The van der Waals surface area contributed by atoms with Gasteiger partial charge in [0.25, 0.3) is 5.91 Å². The van der Waals surface area contributed by atoms with Gasteiger partial charge in [0, 0.05) is 23.0 Å². The predicted molar refractivity (Wildman–Crippen MR) is 117 cm³/mol. The summed E-state index contributed by atoms with van der Waals surface area (Å²) in [6.45, 7) is 1.91. The Morgan fingerprint density at radius 2 is 1.85 bits per heavy atom. The van der Waals surface area contributed by atoms with Crippen LogP contribution in [0.25, 0.3) is 17.1 Å². The highest BCUT2D eigenvalue weighted by atomic mass is 19.2. The SMILES string of the molecule is CCOC(=O)c1cc(-c2cccc(NC(=O)c3ccc(F)c(F)c3)c2)n(-c2ccccn2)n1. The molecule has 0 unspecified atom stereocenters. The fourth-order valence-corrected chi connectivity index (χ4v) is 3.14. The Hall–Kier alpha value is -4.40. The molecule has 0 saturated carbocycles. The van der Waals surface area contributed by atoms with Gasteiger partial charge >= 0.3 is 5.97 Å². The maximum absolute atomic E-state index is 13.5. The summed E-state index contributed by atoms with van der Waals surface area (Å²) in [5.41, 5.74) is 1.66. The minimum absolute atomic E-state index is 0.0255. The zero-order valence-corrected chi connectivity index (χ0v) is 17.5. The summed E-state index contributed by atoms with van der Waals surface area (Å²) >= 11 is 0. The molecule has 2 aromatic carbocycles. The number of carbonyl (C=O) groups is 2. The van der Waals surface area contributed by atoms with Gasteiger partial charge in [0.05, 0.1) is 12.3 Å². The van der Waals surface area contributed by atoms with E-state index in [2.05, 4.69) is 15.4 Å². The summed E-state index contributed by atoms with van der Waals surface area (Å²) in [4.78, 5) is 29.0. The molecule has 4 rings (SSSR count). The topological polar surface area (TPSA) is 86.1 Å². The number of rotatable bonds is 6. The minimum atomic E-state index is -1.11. The summed E-state index contributed by atoms with van der Waals surface area (Å²) < 4.78 is 33.2. The van der Waals surface area contributed by atoms with Crippen molar-refractivity contribution < 1.29 is 23.1 Å². The Kier molecular flexibility index (Phi) is 6.21. The number of aromatic nitrogens is 3. The molecule has 1 amide bonds. The molecule has 0 bridgehead atoms. The molecule has 33 heavy (non-hydrogen) atoms. The summed E-state index contributed by atoms with van der Waals surface area (Å²) in [5.74, 6) is -2.83. The van der Waals surface area contributed by atoms with Gasteiger partial charge in [-0.2, -0.15) is 5.10 Å². The number of amides is 1. The van der Waals surface area contributed by atoms with Crippen molar-refractivity contribution in [3.05, 3.63) is 95.8 Å². The van der Waals surface area contributed by atoms with Crippen LogP contribution < -0.4 is 5.32 Å². The number of hydrogen-bond acceptors (Lipinski definition) is 5. The van der Waals surface area contributed by atoms with Gasteiger partial charge < -0.3 is 10.1 Å². The smallest absolute Gasteiger partial charge is 0.358 e. The fraction of sp³-hybridized carbons (Fsp3) is 0.0833. The lowest BCUT2D eigenvalue weighted by molar-refractivity contribution is 0.0518. The average Bonchev–Trinajstić information content (AvgIpc) is 3.27. The number of nitrogens with zero attached hydrogens (tertiary/aromatic N) is 3. The molecule has 9 heteroatoms. The number of benzene rings is 2. The molecule has 0 aliphatic heterocycles. The van der Waals surface area contributed by atoms with Gasteiger partial charge in [-0.1, -0.05) is 18.2 Å². The molecular weight excluding hydrogens is 430 g/mol. The number of hydrogen-bond donors (Lipinski definition) is 1. The highest BCUT2D eigenvalue weighted by Crippen LogP contribution is 2.26.